The Bertz CT molecular complexity index is 725. The van der Waals surface area contributed by atoms with Gasteiger partial charge in [-0.3, -0.25) is 0 Å². The van der Waals surface area contributed by atoms with Crippen LogP contribution < -0.4 is 15.1 Å². The van der Waals surface area contributed by atoms with Gasteiger partial charge in [0.25, 0.3) is 0 Å². The van der Waals surface area contributed by atoms with Crippen LogP contribution in [0.2, 0.25) is 0 Å². The van der Waals surface area contributed by atoms with Crippen LogP contribution in [0, 0.1) is 11.6 Å². The number of piperazine rings is 1. The third kappa shape index (κ3) is 2.18. The number of hydrogen-bond donors (Lipinski definition) is 2. The van der Waals surface area contributed by atoms with Crippen molar-refractivity contribution in [3.05, 3.63) is 35.0 Å². The molecule has 4 rings (SSSR count). The summed E-state index contributed by atoms with van der Waals surface area (Å²) in [5.74, 6) is -2.28. The topological polar surface area (TPSA) is 65.7 Å². The molecule has 0 amide bonds. The van der Waals surface area contributed by atoms with E-state index >= 15 is 4.39 Å². The fourth-order valence-electron chi connectivity index (χ4n) is 3.58. The number of nitrogens with zero attached hydrogens (tertiary/aromatic N) is 2. The maximum absolute atomic E-state index is 15.1. The molecule has 0 saturated carbocycles. The molecule has 2 saturated heterocycles. The van der Waals surface area contributed by atoms with Crippen LogP contribution in [0.3, 0.4) is 0 Å². The van der Waals surface area contributed by atoms with Crippen LogP contribution in [-0.2, 0) is 11.2 Å². The van der Waals surface area contributed by atoms with Crippen molar-refractivity contribution in [2.24, 2.45) is 0 Å². The summed E-state index contributed by atoms with van der Waals surface area (Å²) in [7, 11) is 0. The summed E-state index contributed by atoms with van der Waals surface area (Å²) in [4.78, 5) is 14.5. The molecule has 2 fully saturated rings. The van der Waals surface area contributed by atoms with E-state index in [9.17, 15) is 14.3 Å². The quantitative estimate of drug-likeness (QED) is 0.826. The first kappa shape index (κ1) is 14.4. The maximum Gasteiger partial charge on any atom is 0.333 e. The average Bonchev–Trinajstić information content (AvgIpc) is 3.12. The van der Waals surface area contributed by atoms with Crippen LogP contribution in [-0.4, -0.2) is 42.8 Å². The summed E-state index contributed by atoms with van der Waals surface area (Å²) in [6.07, 6.45) is 1.47. The molecule has 2 N–H and O–H groups in total. The highest BCUT2D eigenvalue weighted by atomic mass is 19.1. The monoisotopic (exact) mass is 321 g/mol. The molecule has 0 radical (unpaired) electrons. The Morgan fingerprint density at radius 3 is 2.65 bits per heavy atom. The summed E-state index contributed by atoms with van der Waals surface area (Å²) < 4.78 is 29.6. The van der Waals surface area contributed by atoms with E-state index in [1.807, 2.05) is 6.92 Å². The van der Waals surface area contributed by atoms with Crippen LogP contribution in [0.5, 0.6) is 0 Å². The number of halogens is 2. The lowest BCUT2D eigenvalue weighted by atomic mass is 9.98. The van der Waals surface area contributed by atoms with Gasteiger partial charge < -0.3 is 20.2 Å². The number of carboxylic acids is 1. The van der Waals surface area contributed by atoms with Crippen molar-refractivity contribution < 1.29 is 18.7 Å². The zero-order valence-electron chi connectivity index (χ0n) is 12.6. The van der Waals surface area contributed by atoms with Gasteiger partial charge in [0, 0.05) is 44.3 Å². The van der Waals surface area contributed by atoms with Crippen LogP contribution >= 0.6 is 0 Å². The van der Waals surface area contributed by atoms with Gasteiger partial charge in [-0.25, -0.2) is 13.6 Å². The molecule has 3 aliphatic heterocycles. The number of aliphatic carboxylic acids is 1. The van der Waals surface area contributed by atoms with Crippen molar-refractivity contribution in [3.63, 3.8) is 0 Å². The summed E-state index contributed by atoms with van der Waals surface area (Å²) in [6.45, 7) is 3.42. The smallest absolute Gasteiger partial charge is 0.333 e. The van der Waals surface area contributed by atoms with Gasteiger partial charge in [0.05, 0.1) is 11.3 Å². The number of hydrogen-bond acceptors (Lipinski definition) is 4. The zero-order chi connectivity index (χ0) is 16.3. The molecule has 5 nitrogen and oxygen atoms in total. The first-order valence-electron chi connectivity index (χ1n) is 7.72. The third-order valence-electron chi connectivity index (χ3n) is 4.80. The fraction of sp³-hybridized carbons (Fsp3) is 0.438. The maximum atomic E-state index is 15.1. The van der Waals surface area contributed by atoms with Gasteiger partial charge in [-0.2, -0.15) is 0 Å². The van der Waals surface area contributed by atoms with Crippen LogP contribution in [0.25, 0.3) is 0 Å². The second-order valence-corrected chi connectivity index (χ2v) is 6.24. The molecule has 3 aliphatic rings. The predicted octanol–water partition coefficient (Wildman–Crippen LogP) is 1.48. The van der Waals surface area contributed by atoms with E-state index in [-0.39, 0.29) is 17.7 Å². The Morgan fingerprint density at radius 1 is 1.35 bits per heavy atom. The zero-order valence-corrected chi connectivity index (χ0v) is 12.6. The number of carboxylic acid groups (broad SMARTS) is 1. The highest BCUT2D eigenvalue weighted by Gasteiger charge is 2.46. The van der Waals surface area contributed by atoms with Gasteiger partial charge in [0.2, 0.25) is 0 Å². The molecule has 122 valence electrons. The van der Waals surface area contributed by atoms with Gasteiger partial charge in [0.15, 0.2) is 5.82 Å². The molecular formula is C16H17F2N3O2. The Kier molecular flexibility index (Phi) is 3.09. The molecule has 0 aromatic heterocycles. The second-order valence-electron chi connectivity index (χ2n) is 6.24. The molecule has 0 spiro atoms. The highest BCUT2D eigenvalue weighted by Crippen LogP contribution is 2.40. The first-order valence-corrected chi connectivity index (χ1v) is 7.72. The fourth-order valence-corrected chi connectivity index (χ4v) is 3.58. The van der Waals surface area contributed by atoms with Gasteiger partial charge in [0.1, 0.15) is 11.5 Å². The van der Waals surface area contributed by atoms with E-state index in [2.05, 4.69) is 5.32 Å². The van der Waals surface area contributed by atoms with E-state index in [0.29, 0.717) is 43.0 Å². The van der Waals surface area contributed by atoms with E-state index < -0.39 is 17.6 Å². The minimum absolute atomic E-state index is 0.00313. The average molecular weight is 321 g/mol. The minimum Gasteiger partial charge on any atom is -0.478 e. The lowest BCUT2D eigenvalue weighted by molar-refractivity contribution is -0.132. The van der Waals surface area contributed by atoms with Crippen molar-refractivity contribution >= 4 is 17.3 Å². The summed E-state index contributed by atoms with van der Waals surface area (Å²) in [5.41, 5.74) is 0.816. The first-order chi connectivity index (χ1) is 11.0. The standard InChI is InChI=1S/C16H17F2N3O2/c1-2-20-5-9(16(22)23)3-8-4-10(17)15(13(18)14(8)20)21-6-11-12(7-21)19-11/h4-5,11-12,19H,2-3,6-7H2,1H3,(H,22,23). The summed E-state index contributed by atoms with van der Waals surface area (Å²) in [6, 6.07) is 1.93. The van der Waals surface area contributed by atoms with Gasteiger partial charge in [-0.05, 0) is 18.6 Å². The van der Waals surface area contributed by atoms with E-state index in [4.69, 9.17) is 0 Å². The second kappa shape index (κ2) is 4.92. The molecule has 7 heteroatoms. The molecule has 0 aliphatic carbocycles. The number of nitrogens with one attached hydrogen (secondary N) is 1. The Morgan fingerprint density at radius 2 is 2.04 bits per heavy atom. The highest BCUT2D eigenvalue weighted by molar-refractivity contribution is 5.90. The molecule has 3 heterocycles. The van der Waals surface area contributed by atoms with Crippen LogP contribution in [0.15, 0.2) is 17.8 Å². The van der Waals surface area contributed by atoms with E-state index in [1.54, 1.807) is 9.80 Å². The molecular weight excluding hydrogens is 304 g/mol. The van der Waals surface area contributed by atoms with Crippen molar-refractivity contribution in [2.75, 3.05) is 29.4 Å². The number of anilines is 2. The van der Waals surface area contributed by atoms with Gasteiger partial charge in [-0.15, -0.1) is 0 Å². The normalized spacial score (nSPS) is 25.1. The van der Waals surface area contributed by atoms with E-state index in [0.717, 1.165) is 0 Å². The molecule has 0 bridgehead atoms. The SMILES string of the molecule is CCN1C=C(C(=O)O)Cc2cc(F)c(N3CC4NC4C3)c(F)c21. The molecule has 1 aromatic rings. The molecule has 23 heavy (non-hydrogen) atoms. The van der Waals surface area contributed by atoms with Gasteiger partial charge >= 0.3 is 5.97 Å². The summed E-state index contributed by atoms with van der Waals surface area (Å²) in [5, 5.41) is 12.4. The summed E-state index contributed by atoms with van der Waals surface area (Å²) >= 11 is 0. The number of carbonyl (C=O) groups is 1. The van der Waals surface area contributed by atoms with Crippen molar-refractivity contribution in [1.82, 2.24) is 5.32 Å². The lowest BCUT2D eigenvalue weighted by Crippen LogP contribution is -2.31. The van der Waals surface area contributed by atoms with Gasteiger partial charge in [-0.1, -0.05) is 0 Å². The number of rotatable bonds is 3. The molecule has 2 unspecified atom stereocenters. The lowest BCUT2D eigenvalue weighted by Gasteiger charge is -2.31. The Hall–Kier alpha value is -2.15. The third-order valence-corrected chi connectivity index (χ3v) is 4.80. The molecule has 2 atom stereocenters. The Balaban J connectivity index is 1.78. The van der Waals surface area contributed by atoms with Crippen LogP contribution in [0.1, 0.15) is 12.5 Å². The largest absolute Gasteiger partial charge is 0.478 e. The number of fused-ring (bicyclic) bond motifs is 2. The van der Waals surface area contributed by atoms with Crippen molar-refractivity contribution in [3.8, 4) is 0 Å². The molecule has 1 aromatic carbocycles. The van der Waals surface area contributed by atoms with E-state index in [1.165, 1.54) is 12.3 Å². The minimum atomic E-state index is -1.07. The van der Waals surface area contributed by atoms with Crippen LogP contribution in [0.4, 0.5) is 20.2 Å². The predicted molar refractivity (Wildman–Crippen MR) is 81.7 cm³/mol. The van der Waals surface area contributed by atoms with Crippen molar-refractivity contribution in [1.29, 1.82) is 0 Å². The Labute approximate surface area is 132 Å². The van der Waals surface area contributed by atoms with Crippen molar-refractivity contribution in [2.45, 2.75) is 25.4 Å². The number of benzene rings is 1.